The molecule has 2 aliphatic heterocycles. The quantitative estimate of drug-likeness (QED) is 0.738. The third kappa shape index (κ3) is 4.09. The van der Waals surface area contributed by atoms with E-state index in [0.29, 0.717) is 16.8 Å². The molecule has 2 saturated heterocycles. The lowest BCUT2D eigenvalue weighted by Crippen LogP contribution is -2.36. The van der Waals surface area contributed by atoms with Crippen LogP contribution in [0.1, 0.15) is 56.9 Å². The number of amides is 5. The second-order valence-corrected chi connectivity index (χ2v) is 8.72. The summed E-state index contributed by atoms with van der Waals surface area (Å²) in [6, 6.07) is 4.81. The maximum atomic E-state index is 12.9. The second kappa shape index (κ2) is 8.05. The van der Waals surface area contributed by atoms with Crippen LogP contribution in [0.3, 0.4) is 0 Å². The molecule has 0 radical (unpaired) electrons. The van der Waals surface area contributed by atoms with Gasteiger partial charge in [-0.05, 0) is 62.1 Å². The Morgan fingerprint density at radius 2 is 1.79 bits per heavy atom. The van der Waals surface area contributed by atoms with Gasteiger partial charge in [0.15, 0.2) is 0 Å². The van der Waals surface area contributed by atoms with Crippen molar-refractivity contribution in [2.45, 2.75) is 58.3 Å². The number of carbonyl (C=O) groups is 3. The van der Waals surface area contributed by atoms with Crippen LogP contribution in [0.15, 0.2) is 18.2 Å². The topological polar surface area (TPSA) is 81.8 Å². The van der Waals surface area contributed by atoms with Crippen LogP contribution in [-0.2, 0) is 4.79 Å². The van der Waals surface area contributed by atoms with Crippen molar-refractivity contribution >= 4 is 29.3 Å². The standard InChI is InChI=1S/C22H30N4O3/c1-16-6-7-17(14-18(16)26-19(27)15-23-20(26)28)24-21(29)25-12-5-10-22(11-13-25)8-3-2-4-9-22/h6-7,14H,2-5,8-13,15H2,1H3,(H,23,28)(H,24,29). The highest BCUT2D eigenvalue weighted by Crippen LogP contribution is 2.44. The lowest BCUT2D eigenvalue weighted by Gasteiger charge is -2.36. The number of nitrogens with zero attached hydrogens (tertiary/aromatic N) is 2. The first kappa shape index (κ1) is 19.7. The molecule has 1 saturated carbocycles. The molecule has 1 aromatic rings. The molecule has 4 rings (SSSR count). The Bertz CT molecular complexity index is 800. The van der Waals surface area contributed by atoms with Crippen molar-refractivity contribution in [3.8, 4) is 0 Å². The number of urea groups is 2. The molecule has 29 heavy (non-hydrogen) atoms. The molecule has 5 amide bonds. The summed E-state index contributed by atoms with van der Waals surface area (Å²) >= 11 is 0. The van der Waals surface area contributed by atoms with Crippen LogP contribution < -0.4 is 15.5 Å². The van der Waals surface area contributed by atoms with E-state index in [4.69, 9.17) is 0 Å². The first-order valence-electron chi connectivity index (χ1n) is 10.7. The van der Waals surface area contributed by atoms with Crippen molar-refractivity contribution in [2.75, 3.05) is 29.9 Å². The Morgan fingerprint density at radius 1 is 1.03 bits per heavy atom. The van der Waals surface area contributed by atoms with Crippen LogP contribution >= 0.6 is 0 Å². The molecule has 1 aromatic carbocycles. The Morgan fingerprint density at radius 3 is 2.52 bits per heavy atom. The summed E-state index contributed by atoms with van der Waals surface area (Å²) in [6.45, 7) is 3.42. The van der Waals surface area contributed by atoms with E-state index < -0.39 is 6.03 Å². The Balaban J connectivity index is 1.44. The molecule has 7 heteroatoms. The van der Waals surface area contributed by atoms with Crippen molar-refractivity contribution in [2.24, 2.45) is 5.41 Å². The third-order valence-electron chi connectivity index (χ3n) is 6.79. The van der Waals surface area contributed by atoms with Crippen LogP contribution in [0, 0.1) is 12.3 Å². The summed E-state index contributed by atoms with van der Waals surface area (Å²) in [6.07, 6.45) is 9.95. The zero-order chi connectivity index (χ0) is 20.4. The fourth-order valence-electron chi connectivity index (χ4n) is 5.06. The summed E-state index contributed by atoms with van der Waals surface area (Å²) in [7, 11) is 0. The first-order chi connectivity index (χ1) is 14.0. The monoisotopic (exact) mass is 398 g/mol. The van der Waals surface area contributed by atoms with E-state index in [1.54, 1.807) is 6.07 Å². The first-order valence-corrected chi connectivity index (χ1v) is 10.7. The highest BCUT2D eigenvalue weighted by molar-refractivity contribution is 6.20. The smallest absolute Gasteiger partial charge is 0.328 e. The van der Waals surface area contributed by atoms with Crippen LogP contribution in [0.2, 0.25) is 0 Å². The summed E-state index contributed by atoms with van der Waals surface area (Å²) in [4.78, 5) is 40.0. The van der Waals surface area contributed by atoms with E-state index in [9.17, 15) is 14.4 Å². The van der Waals surface area contributed by atoms with Gasteiger partial charge in [0.1, 0.15) is 0 Å². The van der Waals surface area contributed by atoms with Crippen LogP contribution in [0.25, 0.3) is 0 Å². The van der Waals surface area contributed by atoms with Crippen molar-refractivity contribution in [1.82, 2.24) is 10.2 Å². The maximum Gasteiger partial charge on any atom is 0.329 e. The van der Waals surface area contributed by atoms with E-state index in [-0.39, 0.29) is 18.5 Å². The van der Waals surface area contributed by atoms with Gasteiger partial charge in [0, 0.05) is 18.8 Å². The predicted molar refractivity (Wildman–Crippen MR) is 112 cm³/mol. The fourth-order valence-corrected chi connectivity index (χ4v) is 5.06. The zero-order valence-corrected chi connectivity index (χ0v) is 17.1. The second-order valence-electron chi connectivity index (χ2n) is 8.72. The maximum absolute atomic E-state index is 12.9. The average molecular weight is 399 g/mol. The molecular weight excluding hydrogens is 368 g/mol. The number of nitrogens with one attached hydrogen (secondary N) is 2. The SMILES string of the molecule is Cc1ccc(NC(=O)N2CCCC3(CCCCC3)CC2)cc1N1C(=O)CNC1=O. The van der Waals surface area contributed by atoms with Crippen LogP contribution in [-0.4, -0.2) is 42.5 Å². The van der Waals surface area contributed by atoms with Gasteiger partial charge in [-0.25, -0.2) is 14.5 Å². The largest absolute Gasteiger partial charge is 0.329 e. The van der Waals surface area contributed by atoms with E-state index in [0.717, 1.165) is 36.4 Å². The molecule has 7 nitrogen and oxygen atoms in total. The van der Waals surface area contributed by atoms with Gasteiger partial charge in [-0.2, -0.15) is 0 Å². The minimum absolute atomic E-state index is 0.00435. The van der Waals surface area contributed by atoms with E-state index in [1.165, 1.54) is 38.5 Å². The number of imide groups is 1. The highest BCUT2D eigenvalue weighted by atomic mass is 16.2. The van der Waals surface area contributed by atoms with Crippen molar-refractivity contribution in [3.63, 3.8) is 0 Å². The van der Waals surface area contributed by atoms with Crippen molar-refractivity contribution in [1.29, 1.82) is 0 Å². The van der Waals surface area contributed by atoms with Gasteiger partial charge in [0.25, 0.3) is 5.91 Å². The molecule has 2 N–H and O–H groups in total. The molecule has 1 spiro atoms. The van der Waals surface area contributed by atoms with Crippen molar-refractivity contribution in [3.05, 3.63) is 23.8 Å². The molecule has 0 atom stereocenters. The van der Waals surface area contributed by atoms with Crippen LogP contribution in [0.4, 0.5) is 21.0 Å². The number of anilines is 2. The molecule has 3 aliphatic rings. The van der Waals surface area contributed by atoms with Crippen molar-refractivity contribution < 1.29 is 14.4 Å². The molecule has 2 heterocycles. The molecule has 3 fully saturated rings. The Hall–Kier alpha value is -2.57. The summed E-state index contributed by atoms with van der Waals surface area (Å²) in [5.41, 5.74) is 2.36. The van der Waals surface area contributed by atoms with E-state index in [2.05, 4.69) is 10.6 Å². The zero-order valence-electron chi connectivity index (χ0n) is 17.1. The lowest BCUT2D eigenvalue weighted by atomic mass is 9.69. The van der Waals surface area contributed by atoms with Gasteiger partial charge in [-0.1, -0.05) is 25.3 Å². The fraction of sp³-hybridized carbons (Fsp3) is 0.591. The minimum atomic E-state index is -0.424. The lowest BCUT2D eigenvalue weighted by molar-refractivity contribution is -0.115. The Labute approximate surface area is 171 Å². The normalized spacial score (nSPS) is 21.8. The van der Waals surface area contributed by atoms with Crippen LogP contribution in [0.5, 0.6) is 0 Å². The molecule has 1 aliphatic carbocycles. The van der Waals surface area contributed by atoms with Gasteiger partial charge in [0.05, 0.1) is 12.2 Å². The highest BCUT2D eigenvalue weighted by Gasteiger charge is 2.35. The number of hydrogen-bond donors (Lipinski definition) is 2. The molecule has 0 unspecified atom stereocenters. The average Bonchev–Trinajstić information content (AvgIpc) is 2.92. The minimum Gasteiger partial charge on any atom is -0.328 e. The predicted octanol–water partition coefficient (Wildman–Crippen LogP) is 4.02. The van der Waals surface area contributed by atoms with Gasteiger partial charge < -0.3 is 15.5 Å². The number of likely N-dealkylation sites (tertiary alicyclic amines) is 1. The third-order valence-corrected chi connectivity index (χ3v) is 6.79. The van der Waals surface area contributed by atoms with E-state index in [1.807, 2.05) is 24.0 Å². The number of hydrogen-bond acceptors (Lipinski definition) is 3. The molecular formula is C22H30N4O3. The van der Waals surface area contributed by atoms with E-state index >= 15 is 0 Å². The number of aryl methyl sites for hydroxylation is 1. The van der Waals surface area contributed by atoms with Gasteiger partial charge in [-0.15, -0.1) is 0 Å². The molecule has 156 valence electrons. The van der Waals surface area contributed by atoms with Gasteiger partial charge >= 0.3 is 12.1 Å². The van der Waals surface area contributed by atoms with Gasteiger partial charge in [0.2, 0.25) is 0 Å². The summed E-state index contributed by atoms with van der Waals surface area (Å²) in [5, 5.41) is 5.50. The van der Waals surface area contributed by atoms with Gasteiger partial charge in [-0.3, -0.25) is 4.79 Å². The Kier molecular flexibility index (Phi) is 5.48. The summed E-state index contributed by atoms with van der Waals surface area (Å²) in [5.74, 6) is -0.285. The number of benzene rings is 1. The summed E-state index contributed by atoms with van der Waals surface area (Å²) < 4.78 is 0. The molecule has 0 bridgehead atoms. The number of rotatable bonds is 2. The molecule has 0 aromatic heterocycles. The number of carbonyl (C=O) groups excluding carboxylic acids is 3.